The van der Waals surface area contributed by atoms with Gasteiger partial charge in [0.15, 0.2) is 11.5 Å². The number of carbonyl (C=O) groups is 1. The molecule has 1 aliphatic heterocycles. The maximum atomic E-state index is 10.8. The highest BCUT2D eigenvalue weighted by atomic mass is 79.9. The van der Waals surface area contributed by atoms with Crippen LogP contribution in [0.5, 0.6) is 11.5 Å². The summed E-state index contributed by atoms with van der Waals surface area (Å²) in [5, 5.41) is 0. The summed E-state index contributed by atoms with van der Waals surface area (Å²) in [5.41, 5.74) is 2.58. The molecular weight excluding hydrogens is 296 g/mol. The van der Waals surface area contributed by atoms with Crippen molar-refractivity contribution in [3.05, 3.63) is 46.4 Å². The Hall–Kier alpha value is -1.81. The lowest BCUT2D eigenvalue weighted by molar-refractivity contribution is 0.112. The van der Waals surface area contributed by atoms with Crippen molar-refractivity contribution >= 4 is 22.2 Å². The number of carbonyl (C=O) groups excluding carboxylic acids is 1. The Kier molecular flexibility index (Phi) is 2.80. The first-order valence-corrected chi connectivity index (χ1v) is 6.22. The summed E-state index contributed by atoms with van der Waals surface area (Å²) in [5.74, 6) is 1.48. The van der Waals surface area contributed by atoms with Crippen molar-refractivity contribution in [1.29, 1.82) is 0 Å². The minimum absolute atomic E-state index is 0.258. The van der Waals surface area contributed by atoms with Gasteiger partial charge >= 0.3 is 0 Å². The van der Waals surface area contributed by atoms with Crippen LogP contribution >= 0.6 is 15.9 Å². The monoisotopic (exact) mass is 304 g/mol. The van der Waals surface area contributed by atoms with E-state index in [0.717, 1.165) is 33.4 Å². The van der Waals surface area contributed by atoms with Gasteiger partial charge in [0.05, 0.1) is 0 Å². The van der Waals surface area contributed by atoms with Crippen LogP contribution in [0, 0.1) is 0 Å². The number of hydrogen-bond acceptors (Lipinski definition) is 3. The molecule has 3 nitrogen and oxygen atoms in total. The topological polar surface area (TPSA) is 35.5 Å². The largest absolute Gasteiger partial charge is 0.454 e. The minimum Gasteiger partial charge on any atom is -0.454 e. The molecule has 3 rings (SSSR count). The van der Waals surface area contributed by atoms with Crippen LogP contribution < -0.4 is 9.47 Å². The van der Waals surface area contributed by atoms with E-state index in [1.54, 1.807) is 6.07 Å². The highest BCUT2D eigenvalue weighted by Gasteiger charge is 2.14. The fourth-order valence-corrected chi connectivity index (χ4v) is 2.38. The molecule has 90 valence electrons. The van der Waals surface area contributed by atoms with E-state index in [0.29, 0.717) is 5.56 Å². The first kappa shape index (κ1) is 11.3. The molecule has 0 bridgehead atoms. The molecule has 0 N–H and O–H groups in total. The fraction of sp³-hybridized carbons (Fsp3) is 0.0714. The van der Waals surface area contributed by atoms with Gasteiger partial charge in [-0.2, -0.15) is 0 Å². The summed E-state index contributed by atoms with van der Waals surface area (Å²) in [7, 11) is 0. The minimum atomic E-state index is 0.258. The molecule has 0 unspecified atom stereocenters. The number of ether oxygens (including phenoxy) is 2. The van der Waals surface area contributed by atoms with Gasteiger partial charge in [-0.05, 0) is 35.4 Å². The third kappa shape index (κ3) is 1.88. The standard InChI is InChI=1S/C14H9BrO3/c15-12-3-1-9(7-16)5-11(12)10-2-4-13-14(6-10)18-8-17-13/h1-7H,8H2. The zero-order valence-electron chi connectivity index (χ0n) is 9.35. The summed E-state index contributed by atoms with van der Waals surface area (Å²) < 4.78 is 11.6. The molecule has 0 saturated heterocycles. The van der Waals surface area contributed by atoms with Gasteiger partial charge in [0.25, 0.3) is 0 Å². The number of halogens is 1. The maximum Gasteiger partial charge on any atom is 0.231 e. The van der Waals surface area contributed by atoms with Crippen LogP contribution in [0.2, 0.25) is 0 Å². The van der Waals surface area contributed by atoms with Gasteiger partial charge in [-0.3, -0.25) is 4.79 Å². The lowest BCUT2D eigenvalue weighted by Crippen LogP contribution is -1.92. The van der Waals surface area contributed by atoms with Crippen molar-refractivity contribution in [2.45, 2.75) is 0 Å². The summed E-state index contributed by atoms with van der Waals surface area (Å²) in [6.07, 6.45) is 0.836. The van der Waals surface area contributed by atoms with Crippen LogP contribution in [-0.4, -0.2) is 13.1 Å². The third-order valence-electron chi connectivity index (χ3n) is 2.81. The van der Waals surface area contributed by atoms with Crippen LogP contribution in [0.1, 0.15) is 10.4 Å². The summed E-state index contributed by atoms with van der Waals surface area (Å²) in [6.45, 7) is 0.258. The smallest absolute Gasteiger partial charge is 0.231 e. The van der Waals surface area contributed by atoms with Gasteiger partial charge in [-0.1, -0.05) is 28.1 Å². The average Bonchev–Trinajstić information content (AvgIpc) is 2.86. The summed E-state index contributed by atoms with van der Waals surface area (Å²) in [4.78, 5) is 10.8. The second kappa shape index (κ2) is 4.46. The maximum absolute atomic E-state index is 10.8. The zero-order valence-corrected chi connectivity index (χ0v) is 10.9. The van der Waals surface area contributed by atoms with Crippen molar-refractivity contribution in [3.63, 3.8) is 0 Å². The van der Waals surface area contributed by atoms with Gasteiger partial charge in [0, 0.05) is 10.0 Å². The number of benzene rings is 2. The van der Waals surface area contributed by atoms with Gasteiger partial charge in [0.2, 0.25) is 6.79 Å². The van der Waals surface area contributed by atoms with Gasteiger partial charge < -0.3 is 9.47 Å². The lowest BCUT2D eigenvalue weighted by atomic mass is 10.0. The lowest BCUT2D eigenvalue weighted by Gasteiger charge is -2.06. The predicted molar refractivity (Wildman–Crippen MR) is 71.1 cm³/mol. The first-order chi connectivity index (χ1) is 8.78. The average molecular weight is 305 g/mol. The Morgan fingerprint density at radius 1 is 1.06 bits per heavy atom. The van der Waals surface area contributed by atoms with Crippen molar-refractivity contribution in [3.8, 4) is 22.6 Å². The molecule has 0 amide bonds. The molecule has 0 spiro atoms. The van der Waals surface area contributed by atoms with E-state index in [1.165, 1.54) is 0 Å². The molecule has 0 aliphatic carbocycles. The number of rotatable bonds is 2. The molecule has 0 aromatic heterocycles. The van der Waals surface area contributed by atoms with E-state index < -0.39 is 0 Å². The molecule has 4 heteroatoms. The first-order valence-electron chi connectivity index (χ1n) is 5.43. The predicted octanol–water partition coefficient (Wildman–Crippen LogP) is 3.66. The van der Waals surface area contributed by atoms with E-state index in [4.69, 9.17) is 9.47 Å². The normalized spacial score (nSPS) is 12.5. The van der Waals surface area contributed by atoms with Crippen LogP contribution in [0.15, 0.2) is 40.9 Å². The molecule has 18 heavy (non-hydrogen) atoms. The molecule has 0 radical (unpaired) electrons. The third-order valence-corrected chi connectivity index (χ3v) is 3.50. The summed E-state index contributed by atoms with van der Waals surface area (Å²) >= 11 is 3.49. The van der Waals surface area contributed by atoms with Crippen molar-refractivity contribution in [2.75, 3.05) is 6.79 Å². The van der Waals surface area contributed by atoms with E-state index in [9.17, 15) is 4.79 Å². The number of fused-ring (bicyclic) bond motifs is 1. The number of aldehydes is 1. The van der Waals surface area contributed by atoms with Crippen molar-refractivity contribution < 1.29 is 14.3 Å². The molecule has 1 heterocycles. The van der Waals surface area contributed by atoms with Gasteiger partial charge in [-0.25, -0.2) is 0 Å². The van der Waals surface area contributed by atoms with E-state index >= 15 is 0 Å². The van der Waals surface area contributed by atoms with Gasteiger partial charge in [0.1, 0.15) is 6.29 Å². The molecular formula is C14H9BrO3. The molecule has 1 aliphatic rings. The van der Waals surface area contributed by atoms with E-state index in [1.807, 2.05) is 30.3 Å². The van der Waals surface area contributed by atoms with Gasteiger partial charge in [-0.15, -0.1) is 0 Å². The van der Waals surface area contributed by atoms with Crippen LogP contribution in [0.4, 0.5) is 0 Å². The highest BCUT2D eigenvalue weighted by Crippen LogP contribution is 2.38. The quantitative estimate of drug-likeness (QED) is 0.794. The second-order valence-electron chi connectivity index (χ2n) is 3.93. The van der Waals surface area contributed by atoms with Crippen molar-refractivity contribution in [2.24, 2.45) is 0 Å². The zero-order chi connectivity index (χ0) is 12.5. The fourth-order valence-electron chi connectivity index (χ4n) is 1.90. The van der Waals surface area contributed by atoms with Crippen LogP contribution in [-0.2, 0) is 0 Å². The Labute approximate surface area is 112 Å². The van der Waals surface area contributed by atoms with E-state index in [2.05, 4.69) is 15.9 Å². The molecule has 0 fully saturated rings. The van der Waals surface area contributed by atoms with Crippen molar-refractivity contribution in [1.82, 2.24) is 0 Å². The van der Waals surface area contributed by atoms with Crippen LogP contribution in [0.3, 0.4) is 0 Å². The van der Waals surface area contributed by atoms with Crippen LogP contribution in [0.25, 0.3) is 11.1 Å². The molecule has 0 saturated carbocycles. The SMILES string of the molecule is O=Cc1ccc(Br)c(-c2ccc3c(c2)OCO3)c1. The Bertz CT molecular complexity index is 622. The number of hydrogen-bond donors (Lipinski definition) is 0. The Morgan fingerprint density at radius 2 is 1.89 bits per heavy atom. The second-order valence-corrected chi connectivity index (χ2v) is 4.78. The summed E-state index contributed by atoms with van der Waals surface area (Å²) in [6, 6.07) is 11.2. The van der Waals surface area contributed by atoms with E-state index in [-0.39, 0.29) is 6.79 Å². The molecule has 2 aromatic rings. The highest BCUT2D eigenvalue weighted by molar-refractivity contribution is 9.10. The molecule has 2 aromatic carbocycles. The molecule has 0 atom stereocenters. The Balaban J connectivity index is 2.11. The Morgan fingerprint density at radius 3 is 2.72 bits per heavy atom.